The third-order valence-electron chi connectivity index (χ3n) is 4.10. The van der Waals surface area contributed by atoms with Crippen molar-refractivity contribution in [3.05, 3.63) is 77.3 Å². The summed E-state index contributed by atoms with van der Waals surface area (Å²) in [6.45, 7) is 1.24. The van der Waals surface area contributed by atoms with Crippen LogP contribution < -0.4 is 15.8 Å². The van der Waals surface area contributed by atoms with E-state index in [-0.39, 0.29) is 0 Å². The summed E-state index contributed by atoms with van der Waals surface area (Å²) in [5.41, 5.74) is 8.02. The number of methoxy groups -OCH3 is 1. The first-order valence-electron chi connectivity index (χ1n) is 8.60. The zero-order valence-electron chi connectivity index (χ0n) is 15.1. The molecule has 0 saturated carbocycles. The molecule has 0 aliphatic heterocycles. The summed E-state index contributed by atoms with van der Waals surface area (Å²) >= 11 is 6.12. The third-order valence-corrected chi connectivity index (χ3v) is 4.40. The number of halogens is 1. The van der Waals surface area contributed by atoms with Gasteiger partial charge in [0.2, 0.25) is 0 Å². The fourth-order valence-corrected chi connectivity index (χ4v) is 2.93. The largest absolute Gasteiger partial charge is 0.495 e. The third kappa shape index (κ3) is 5.24. The number of hydrogen-bond donors (Lipinski definition) is 2. The fraction of sp³-hybridized carbons (Fsp3) is 0.200. The van der Waals surface area contributed by atoms with Gasteiger partial charge in [-0.25, -0.2) is 9.98 Å². The van der Waals surface area contributed by atoms with E-state index in [2.05, 4.69) is 32.0 Å². The molecule has 7 heteroatoms. The smallest absolute Gasteiger partial charge is 0.193 e. The average molecular weight is 384 g/mol. The number of aliphatic imine (C=N–C) groups is 1. The minimum atomic E-state index is 0.300. The van der Waals surface area contributed by atoms with Gasteiger partial charge in [0.1, 0.15) is 18.1 Å². The van der Waals surface area contributed by atoms with E-state index in [1.807, 2.05) is 30.5 Å². The molecule has 3 aromatic rings. The first kappa shape index (κ1) is 18.8. The SMILES string of the molecule is COc1ccc(NC(N)=NCc2nccn2CCc2ccccc2)cc1Cl. The lowest BCUT2D eigenvalue weighted by atomic mass is 10.1. The highest BCUT2D eigenvalue weighted by molar-refractivity contribution is 6.32. The predicted molar refractivity (Wildman–Crippen MR) is 109 cm³/mol. The van der Waals surface area contributed by atoms with Crippen LogP contribution >= 0.6 is 11.6 Å². The van der Waals surface area contributed by atoms with Crippen molar-refractivity contribution >= 4 is 23.2 Å². The number of nitrogens with two attached hydrogens (primary N) is 1. The number of hydrogen-bond acceptors (Lipinski definition) is 3. The van der Waals surface area contributed by atoms with Gasteiger partial charge < -0.3 is 20.4 Å². The maximum absolute atomic E-state index is 6.12. The van der Waals surface area contributed by atoms with Gasteiger partial charge in [-0.3, -0.25) is 0 Å². The molecule has 0 radical (unpaired) electrons. The first-order chi connectivity index (χ1) is 13.2. The zero-order valence-corrected chi connectivity index (χ0v) is 15.9. The number of anilines is 1. The maximum atomic E-state index is 6.12. The van der Waals surface area contributed by atoms with E-state index in [1.54, 1.807) is 25.4 Å². The van der Waals surface area contributed by atoms with E-state index in [9.17, 15) is 0 Å². The van der Waals surface area contributed by atoms with E-state index in [4.69, 9.17) is 22.1 Å². The van der Waals surface area contributed by atoms with Crippen molar-refractivity contribution in [3.63, 3.8) is 0 Å². The number of rotatable bonds is 7. The minimum absolute atomic E-state index is 0.300. The second kappa shape index (κ2) is 9.09. The van der Waals surface area contributed by atoms with Crippen LogP contribution in [0.4, 0.5) is 5.69 Å². The van der Waals surface area contributed by atoms with Gasteiger partial charge >= 0.3 is 0 Å². The normalized spacial score (nSPS) is 11.4. The number of aromatic nitrogens is 2. The lowest BCUT2D eigenvalue weighted by Gasteiger charge is -2.09. The molecule has 0 unspecified atom stereocenters. The second-order valence-electron chi connectivity index (χ2n) is 5.95. The molecular formula is C20H22ClN5O. The predicted octanol–water partition coefficient (Wildman–Crippen LogP) is 3.71. The van der Waals surface area contributed by atoms with Crippen molar-refractivity contribution in [1.82, 2.24) is 9.55 Å². The Morgan fingerprint density at radius 3 is 2.81 bits per heavy atom. The van der Waals surface area contributed by atoms with Gasteiger partial charge in [-0.15, -0.1) is 0 Å². The molecule has 3 N–H and O–H groups in total. The molecule has 2 aromatic carbocycles. The highest BCUT2D eigenvalue weighted by atomic mass is 35.5. The van der Waals surface area contributed by atoms with Gasteiger partial charge in [0, 0.05) is 24.6 Å². The molecule has 27 heavy (non-hydrogen) atoms. The molecule has 0 aliphatic carbocycles. The number of nitrogens with one attached hydrogen (secondary N) is 1. The van der Waals surface area contributed by atoms with Crippen LogP contribution in [0.1, 0.15) is 11.4 Å². The molecule has 3 rings (SSSR count). The molecule has 0 fully saturated rings. The van der Waals surface area contributed by atoms with Crippen molar-refractivity contribution < 1.29 is 4.74 Å². The van der Waals surface area contributed by atoms with Crippen molar-refractivity contribution in [1.29, 1.82) is 0 Å². The molecule has 0 spiro atoms. The zero-order chi connectivity index (χ0) is 19.1. The van der Waals surface area contributed by atoms with E-state index in [0.29, 0.717) is 23.3 Å². The number of nitrogens with zero attached hydrogens (tertiary/aromatic N) is 3. The van der Waals surface area contributed by atoms with Gasteiger partial charge in [0.15, 0.2) is 5.96 Å². The van der Waals surface area contributed by atoms with Crippen LogP contribution in [-0.4, -0.2) is 22.6 Å². The summed E-state index contributed by atoms with van der Waals surface area (Å²) in [5.74, 6) is 1.77. The Kier molecular flexibility index (Phi) is 6.33. The Labute approximate surface area is 163 Å². The van der Waals surface area contributed by atoms with Crippen molar-refractivity contribution in [2.24, 2.45) is 10.7 Å². The molecule has 1 heterocycles. The van der Waals surface area contributed by atoms with Crippen molar-refractivity contribution in [3.8, 4) is 5.75 Å². The topological polar surface area (TPSA) is 77.5 Å². The second-order valence-corrected chi connectivity index (χ2v) is 6.36. The Bertz CT molecular complexity index is 908. The summed E-state index contributed by atoms with van der Waals surface area (Å²) in [7, 11) is 1.57. The van der Waals surface area contributed by atoms with Gasteiger partial charge in [-0.1, -0.05) is 41.9 Å². The van der Waals surface area contributed by atoms with Gasteiger partial charge in [0.05, 0.1) is 12.1 Å². The molecule has 6 nitrogen and oxygen atoms in total. The molecule has 140 valence electrons. The summed E-state index contributed by atoms with van der Waals surface area (Å²) < 4.78 is 7.23. The number of benzene rings is 2. The van der Waals surface area contributed by atoms with Gasteiger partial charge in [-0.05, 0) is 30.2 Å². The quantitative estimate of drug-likeness (QED) is 0.481. The van der Waals surface area contributed by atoms with Crippen LogP contribution in [-0.2, 0) is 19.5 Å². The van der Waals surface area contributed by atoms with E-state index in [1.165, 1.54) is 5.56 Å². The minimum Gasteiger partial charge on any atom is -0.495 e. The molecule has 0 saturated heterocycles. The van der Waals surface area contributed by atoms with E-state index >= 15 is 0 Å². The lowest BCUT2D eigenvalue weighted by molar-refractivity contribution is 0.415. The van der Waals surface area contributed by atoms with E-state index in [0.717, 1.165) is 24.5 Å². The first-order valence-corrected chi connectivity index (χ1v) is 8.98. The number of imidazole rings is 1. The highest BCUT2D eigenvalue weighted by Crippen LogP contribution is 2.27. The summed E-state index contributed by atoms with van der Waals surface area (Å²) in [4.78, 5) is 8.75. The molecule has 0 atom stereocenters. The Balaban J connectivity index is 1.59. The van der Waals surface area contributed by atoms with Crippen LogP contribution in [0.2, 0.25) is 5.02 Å². The van der Waals surface area contributed by atoms with Gasteiger partial charge in [0.25, 0.3) is 0 Å². The van der Waals surface area contributed by atoms with Crippen LogP contribution in [0.3, 0.4) is 0 Å². The Hall–Kier alpha value is -2.99. The monoisotopic (exact) mass is 383 g/mol. The van der Waals surface area contributed by atoms with Crippen LogP contribution in [0.5, 0.6) is 5.75 Å². The molecule has 0 aliphatic rings. The van der Waals surface area contributed by atoms with E-state index < -0.39 is 0 Å². The van der Waals surface area contributed by atoms with Crippen molar-refractivity contribution in [2.75, 3.05) is 12.4 Å². The summed E-state index contributed by atoms with van der Waals surface area (Å²) in [6.07, 6.45) is 4.68. The Morgan fingerprint density at radius 2 is 2.07 bits per heavy atom. The highest BCUT2D eigenvalue weighted by Gasteiger charge is 2.05. The average Bonchev–Trinajstić information content (AvgIpc) is 3.13. The fourth-order valence-electron chi connectivity index (χ4n) is 2.68. The standard InChI is InChI=1S/C20H22ClN5O/c1-27-18-8-7-16(13-17(18)21)25-20(22)24-14-19-23-10-12-26(19)11-9-15-5-3-2-4-6-15/h2-8,10,12-13H,9,11,14H2,1H3,(H3,22,24,25). The molecular weight excluding hydrogens is 362 g/mol. The molecule has 1 aromatic heterocycles. The van der Waals surface area contributed by atoms with Crippen molar-refractivity contribution in [2.45, 2.75) is 19.5 Å². The number of guanidine groups is 1. The molecule has 0 bridgehead atoms. The maximum Gasteiger partial charge on any atom is 0.193 e. The summed E-state index contributed by atoms with van der Waals surface area (Å²) in [5, 5.41) is 3.53. The van der Waals surface area contributed by atoms with Gasteiger partial charge in [-0.2, -0.15) is 0 Å². The number of ether oxygens (including phenoxy) is 1. The van der Waals surface area contributed by atoms with Crippen LogP contribution in [0.15, 0.2) is 65.9 Å². The molecule has 0 amide bonds. The Morgan fingerprint density at radius 1 is 1.26 bits per heavy atom. The van der Waals surface area contributed by atoms with Crippen LogP contribution in [0.25, 0.3) is 0 Å². The number of aryl methyl sites for hydroxylation is 2. The van der Waals surface area contributed by atoms with Crippen LogP contribution in [0, 0.1) is 0 Å². The lowest BCUT2D eigenvalue weighted by Crippen LogP contribution is -2.23. The summed E-state index contributed by atoms with van der Waals surface area (Å²) in [6, 6.07) is 15.7.